The number of rotatable bonds is 8. The molecule has 8 nitrogen and oxygen atoms in total. The van der Waals surface area contributed by atoms with Crippen molar-refractivity contribution in [2.75, 3.05) is 12.4 Å². The molecule has 0 radical (unpaired) electrons. The van der Waals surface area contributed by atoms with Crippen LogP contribution in [0.15, 0.2) is 84.9 Å². The summed E-state index contributed by atoms with van der Waals surface area (Å²) in [5.41, 5.74) is 4.46. The van der Waals surface area contributed by atoms with Gasteiger partial charge in [0.05, 0.1) is 24.2 Å². The highest BCUT2D eigenvalue weighted by Gasteiger charge is 2.45. The molecule has 0 aliphatic carbocycles. The van der Waals surface area contributed by atoms with Gasteiger partial charge in [-0.15, -0.1) is 0 Å². The van der Waals surface area contributed by atoms with Crippen molar-refractivity contribution in [2.24, 2.45) is 0 Å². The second-order valence-corrected chi connectivity index (χ2v) is 10.9. The van der Waals surface area contributed by atoms with Crippen LogP contribution in [0.2, 0.25) is 10.0 Å². The number of para-hydroxylation sites is 1. The molecule has 0 bridgehead atoms. The molecule has 0 aromatic heterocycles. The number of non-ortho nitro benzene ring substituents is 1. The van der Waals surface area contributed by atoms with Crippen LogP contribution in [-0.2, 0) is 16.1 Å². The van der Waals surface area contributed by atoms with Crippen LogP contribution < -0.4 is 10.1 Å². The lowest BCUT2D eigenvalue weighted by atomic mass is 9.92. The molecule has 1 aliphatic heterocycles. The van der Waals surface area contributed by atoms with Crippen LogP contribution in [0.25, 0.3) is 11.1 Å². The molecular formula is C33H27Cl2N3O5. The minimum Gasteiger partial charge on any atom is -0.497 e. The van der Waals surface area contributed by atoms with Crippen LogP contribution in [0.3, 0.4) is 0 Å². The fraction of sp³-hybridized carbons (Fsp3) is 0.152. The summed E-state index contributed by atoms with van der Waals surface area (Å²) in [5.74, 6) is -0.282. The maximum absolute atomic E-state index is 14.4. The van der Waals surface area contributed by atoms with Gasteiger partial charge in [0, 0.05) is 39.0 Å². The van der Waals surface area contributed by atoms with E-state index in [4.69, 9.17) is 27.9 Å². The molecule has 2 amide bonds. The Balaban J connectivity index is 1.72. The van der Waals surface area contributed by atoms with Crippen molar-refractivity contribution >= 4 is 57.5 Å². The standard InChI is InChI=1S/C33H27Cl2N3O5/c1-19-6-4-7-20(2)30(19)36-32(39)31-28(21-12-16-24(43-3)17-13-21)29(22-10-14-23(15-11-22)38(41)42)33(40)37(31)18-25-26(34)8-5-9-27(25)35/h4-17,31H,18H2,1-3H3,(H,36,39). The smallest absolute Gasteiger partial charge is 0.269 e. The molecule has 4 aromatic carbocycles. The molecule has 1 aliphatic rings. The number of aryl methyl sites for hydroxylation is 2. The molecule has 1 atom stereocenters. The third kappa shape index (κ3) is 5.84. The van der Waals surface area contributed by atoms with Gasteiger partial charge in [0.1, 0.15) is 11.8 Å². The number of nitrogens with zero attached hydrogens (tertiary/aromatic N) is 2. The highest BCUT2D eigenvalue weighted by atomic mass is 35.5. The van der Waals surface area contributed by atoms with Crippen LogP contribution in [0.1, 0.15) is 27.8 Å². The number of amides is 2. The topological polar surface area (TPSA) is 102 Å². The lowest BCUT2D eigenvalue weighted by Crippen LogP contribution is -2.43. The molecule has 1 unspecified atom stereocenters. The van der Waals surface area contributed by atoms with Gasteiger partial charge in [-0.25, -0.2) is 0 Å². The summed E-state index contributed by atoms with van der Waals surface area (Å²) in [6, 6.07) is 22.4. The monoisotopic (exact) mass is 615 g/mol. The number of halogens is 2. The van der Waals surface area contributed by atoms with E-state index in [0.29, 0.717) is 43.7 Å². The normalized spacial score (nSPS) is 14.7. The van der Waals surface area contributed by atoms with Gasteiger partial charge in [0.2, 0.25) is 0 Å². The molecule has 218 valence electrons. The summed E-state index contributed by atoms with van der Waals surface area (Å²) in [4.78, 5) is 41.0. The van der Waals surface area contributed by atoms with E-state index in [9.17, 15) is 19.7 Å². The quantitative estimate of drug-likeness (QED) is 0.163. The van der Waals surface area contributed by atoms with E-state index >= 15 is 0 Å². The maximum Gasteiger partial charge on any atom is 0.269 e. The number of nitrogens with one attached hydrogen (secondary N) is 1. The van der Waals surface area contributed by atoms with Gasteiger partial charge >= 0.3 is 0 Å². The Kier molecular flexibility index (Phi) is 8.52. The second kappa shape index (κ2) is 12.3. The molecule has 0 saturated heterocycles. The third-order valence-corrected chi connectivity index (χ3v) is 8.17. The van der Waals surface area contributed by atoms with Crippen molar-refractivity contribution in [3.63, 3.8) is 0 Å². The van der Waals surface area contributed by atoms with E-state index in [1.807, 2.05) is 32.0 Å². The molecule has 4 aromatic rings. The number of nitro benzene ring substituents is 1. The van der Waals surface area contributed by atoms with Crippen LogP contribution in [0.5, 0.6) is 5.75 Å². The molecule has 0 spiro atoms. The Morgan fingerprint density at radius 1 is 0.907 bits per heavy atom. The first-order valence-corrected chi connectivity index (χ1v) is 14.1. The molecule has 1 N–H and O–H groups in total. The Labute approximate surface area is 258 Å². The van der Waals surface area contributed by atoms with Crippen molar-refractivity contribution < 1.29 is 19.2 Å². The fourth-order valence-electron chi connectivity index (χ4n) is 5.26. The summed E-state index contributed by atoms with van der Waals surface area (Å²) in [6.07, 6.45) is 0. The van der Waals surface area contributed by atoms with Crippen molar-refractivity contribution in [1.29, 1.82) is 0 Å². The SMILES string of the molecule is COc1ccc(C2=C(c3ccc([N+](=O)[O-])cc3)C(=O)N(Cc3c(Cl)cccc3Cl)C2C(=O)Nc2c(C)cccc2C)cc1. The van der Waals surface area contributed by atoms with E-state index in [0.717, 1.165) is 11.1 Å². The number of carbonyl (C=O) groups excluding carboxylic acids is 2. The zero-order valence-electron chi connectivity index (χ0n) is 23.6. The number of anilines is 1. The van der Waals surface area contributed by atoms with Crippen LogP contribution in [-0.4, -0.2) is 34.8 Å². The molecule has 5 rings (SSSR count). The summed E-state index contributed by atoms with van der Waals surface area (Å²) in [6.45, 7) is 3.73. The lowest BCUT2D eigenvalue weighted by molar-refractivity contribution is -0.384. The average Bonchev–Trinajstić information content (AvgIpc) is 3.28. The van der Waals surface area contributed by atoms with Crippen LogP contribution in [0.4, 0.5) is 11.4 Å². The lowest BCUT2D eigenvalue weighted by Gasteiger charge is -2.28. The van der Waals surface area contributed by atoms with Gasteiger partial charge in [-0.3, -0.25) is 19.7 Å². The van der Waals surface area contributed by atoms with Gasteiger partial charge in [-0.05, 0) is 72.5 Å². The van der Waals surface area contributed by atoms with E-state index in [1.165, 1.54) is 29.2 Å². The number of nitro groups is 1. The maximum atomic E-state index is 14.4. The number of ether oxygens (including phenoxy) is 1. The highest BCUT2D eigenvalue weighted by Crippen LogP contribution is 2.42. The third-order valence-electron chi connectivity index (χ3n) is 7.46. The molecule has 10 heteroatoms. The molecule has 0 saturated carbocycles. The Bertz CT molecular complexity index is 1730. The predicted octanol–water partition coefficient (Wildman–Crippen LogP) is 7.49. The van der Waals surface area contributed by atoms with Crippen molar-refractivity contribution in [3.05, 3.63) is 133 Å². The van der Waals surface area contributed by atoms with E-state index in [-0.39, 0.29) is 17.8 Å². The summed E-state index contributed by atoms with van der Waals surface area (Å²) in [7, 11) is 1.55. The molecule has 0 fully saturated rings. The Hall–Kier alpha value is -4.66. The zero-order chi connectivity index (χ0) is 30.8. The zero-order valence-corrected chi connectivity index (χ0v) is 25.1. The minimum absolute atomic E-state index is 0.0572. The van der Waals surface area contributed by atoms with Gasteiger partial charge in [-0.2, -0.15) is 0 Å². The van der Waals surface area contributed by atoms with Crippen molar-refractivity contribution in [2.45, 2.75) is 26.4 Å². The highest BCUT2D eigenvalue weighted by molar-refractivity contribution is 6.37. The van der Waals surface area contributed by atoms with Crippen LogP contribution >= 0.6 is 23.2 Å². The second-order valence-electron chi connectivity index (χ2n) is 10.1. The first-order valence-electron chi connectivity index (χ1n) is 13.3. The number of carbonyl (C=O) groups is 2. The summed E-state index contributed by atoms with van der Waals surface area (Å²) in [5, 5.41) is 15.1. The fourth-order valence-corrected chi connectivity index (χ4v) is 5.78. The molecular weight excluding hydrogens is 589 g/mol. The van der Waals surface area contributed by atoms with E-state index in [2.05, 4.69) is 5.32 Å². The van der Waals surface area contributed by atoms with Crippen molar-refractivity contribution in [3.8, 4) is 5.75 Å². The predicted molar refractivity (Wildman–Crippen MR) is 168 cm³/mol. The van der Waals surface area contributed by atoms with E-state index in [1.54, 1.807) is 49.6 Å². The number of hydrogen-bond acceptors (Lipinski definition) is 5. The minimum atomic E-state index is -1.10. The average molecular weight is 617 g/mol. The summed E-state index contributed by atoms with van der Waals surface area (Å²) >= 11 is 13.1. The Morgan fingerprint density at radius 2 is 1.47 bits per heavy atom. The van der Waals surface area contributed by atoms with Gasteiger partial charge < -0.3 is 15.0 Å². The van der Waals surface area contributed by atoms with E-state index < -0.39 is 22.8 Å². The van der Waals surface area contributed by atoms with Crippen molar-refractivity contribution in [1.82, 2.24) is 4.90 Å². The first kappa shape index (κ1) is 29.8. The molecule has 43 heavy (non-hydrogen) atoms. The molecule has 1 heterocycles. The Morgan fingerprint density at radius 3 is 2.02 bits per heavy atom. The largest absolute Gasteiger partial charge is 0.497 e. The van der Waals surface area contributed by atoms with Crippen LogP contribution in [0, 0.1) is 24.0 Å². The number of hydrogen-bond donors (Lipinski definition) is 1. The first-order chi connectivity index (χ1) is 20.6. The summed E-state index contributed by atoms with van der Waals surface area (Å²) < 4.78 is 5.34. The van der Waals surface area contributed by atoms with Gasteiger partial charge in [0.15, 0.2) is 0 Å². The number of methoxy groups -OCH3 is 1. The number of benzene rings is 4. The van der Waals surface area contributed by atoms with Gasteiger partial charge in [0.25, 0.3) is 17.5 Å². The van der Waals surface area contributed by atoms with Gasteiger partial charge in [-0.1, -0.05) is 59.6 Å².